The van der Waals surface area contributed by atoms with E-state index in [-0.39, 0.29) is 49.0 Å². The first kappa shape index (κ1) is 50.1. The molecule has 16 heteroatoms. The Morgan fingerprint density at radius 3 is 1.85 bits per heavy atom. The van der Waals surface area contributed by atoms with Crippen LogP contribution in [0.2, 0.25) is 0 Å². The zero-order valence-electron chi connectivity index (χ0n) is 40.3. The summed E-state index contributed by atoms with van der Waals surface area (Å²) in [6, 6.07) is 55.2. The standard InChI is InChI=1S/C58H52ClN5O8S2/c1-69-45-30-28-39(29-31-45)34-70-53(67)56(36-59)37-64-51(66)48(52(64)74-38-56)61-50(65)47(63-72-57(32-17-33-57)54(68)71-49(40-18-7-2-8-19-40)41-20-9-3-10-21-41)46-35-73-55(60-46)62-58(42-22-11-4-12-23-42,43-24-13-5-14-25-43)44-26-15-6-16-27-44/h2-16,18-31,35,48-49,52H,17,32-34,36-38H2,1H3,(H,60,62)(H,61,65)/t48?,52-,56?/m1/s1. The van der Waals surface area contributed by atoms with Gasteiger partial charge in [0.15, 0.2) is 16.9 Å². The predicted octanol–water partition coefficient (Wildman–Crippen LogP) is 9.90. The van der Waals surface area contributed by atoms with E-state index in [9.17, 15) is 19.2 Å². The molecule has 2 amide bonds. The van der Waals surface area contributed by atoms with Gasteiger partial charge in [-0.05, 0) is 51.9 Å². The SMILES string of the molecule is COc1ccc(COC(=O)C2(CCl)CS[C@@H]3C(NC(=O)C(=NOC4(C(=O)OC(c5ccccc5)c5ccccc5)CCC4)c4csc(NC(c5ccccc5)(c5ccccc5)c5ccccc5)n4)C(=O)N3C2)cc1. The summed E-state index contributed by atoms with van der Waals surface area (Å²) in [4.78, 5) is 69.8. The third-order valence-corrected chi connectivity index (χ3v) is 16.7. The molecule has 3 aliphatic rings. The minimum absolute atomic E-state index is 0.00949. The lowest BCUT2D eigenvalue weighted by atomic mass is 9.77. The molecule has 0 bridgehead atoms. The van der Waals surface area contributed by atoms with Crippen molar-refractivity contribution in [2.24, 2.45) is 10.6 Å². The molecule has 2 aliphatic heterocycles. The van der Waals surface area contributed by atoms with Gasteiger partial charge >= 0.3 is 11.9 Å². The largest absolute Gasteiger partial charge is 0.497 e. The first-order chi connectivity index (χ1) is 36.1. The number of alkyl halides is 1. The van der Waals surface area contributed by atoms with Gasteiger partial charge < -0.3 is 34.6 Å². The van der Waals surface area contributed by atoms with E-state index in [0.29, 0.717) is 17.3 Å². The van der Waals surface area contributed by atoms with Crippen LogP contribution in [0, 0.1) is 5.41 Å². The Morgan fingerprint density at radius 2 is 1.34 bits per heavy atom. The Hall–Kier alpha value is -7.46. The van der Waals surface area contributed by atoms with Crippen LogP contribution in [0.5, 0.6) is 5.75 Å². The van der Waals surface area contributed by atoms with E-state index in [1.54, 1.807) is 41.7 Å². The molecule has 3 heterocycles. The number of esters is 2. The number of rotatable bonds is 19. The highest BCUT2D eigenvalue weighted by molar-refractivity contribution is 8.00. The van der Waals surface area contributed by atoms with Crippen LogP contribution in [0.25, 0.3) is 0 Å². The molecule has 6 aromatic carbocycles. The van der Waals surface area contributed by atoms with Crippen LogP contribution in [0.15, 0.2) is 186 Å². The zero-order valence-corrected chi connectivity index (χ0v) is 42.7. The fourth-order valence-corrected chi connectivity index (χ4v) is 12.2. The van der Waals surface area contributed by atoms with Crippen LogP contribution < -0.4 is 15.4 Å². The topological polar surface area (TPSA) is 158 Å². The average molecular weight is 1050 g/mol. The second-order valence-electron chi connectivity index (χ2n) is 18.5. The number of β-lactam (4-membered cyclic amide) rings is 1. The number of amides is 2. The fraction of sp³-hybridized carbons (Fsp3) is 0.241. The maximum absolute atomic E-state index is 14.8. The first-order valence-electron chi connectivity index (χ1n) is 24.2. The van der Waals surface area contributed by atoms with Crippen molar-refractivity contribution in [2.45, 2.75) is 54.5 Å². The number of hydrogen-bond acceptors (Lipinski definition) is 13. The lowest BCUT2D eigenvalue weighted by molar-refractivity contribution is -0.189. The molecule has 7 aromatic rings. The number of aromatic nitrogens is 1. The quantitative estimate of drug-likeness (QED) is 0.0198. The van der Waals surface area contributed by atoms with Crippen LogP contribution in [-0.4, -0.2) is 81.7 Å². The van der Waals surface area contributed by atoms with E-state index >= 15 is 0 Å². The van der Waals surface area contributed by atoms with Crippen molar-refractivity contribution in [3.63, 3.8) is 0 Å². The third kappa shape index (κ3) is 9.99. The normalized spacial score (nSPS) is 19.0. The summed E-state index contributed by atoms with van der Waals surface area (Å²) in [5.41, 5.74) is 1.43. The minimum atomic E-state index is -1.51. The van der Waals surface area contributed by atoms with Crippen molar-refractivity contribution in [3.05, 3.63) is 220 Å². The van der Waals surface area contributed by atoms with Gasteiger partial charge in [-0.3, -0.25) is 14.4 Å². The van der Waals surface area contributed by atoms with Gasteiger partial charge in [0, 0.05) is 36.4 Å². The van der Waals surface area contributed by atoms with Crippen LogP contribution in [0.3, 0.4) is 0 Å². The van der Waals surface area contributed by atoms with Crippen LogP contribution in [0.4, 0.5) is 5.13 Å². The number of halogens is 1. The van der Waals surface area contributed by atoms with E-state index < -0.39 is 57.8 Å². The number of thioether (sulfide) groups is 1. The van der Waals surface area contributed by atoms with Gasteiger partial charge in [-0.2, -0.15) is 0 Å². The van der Waals surface area contributed by atoms with E-state index in [4.69, 9.17) is 35.6 Å². The summed E-state index contributed by atoms with van der Waals surface area (Å²) < 4.78 is 17.3. The molecule has 1 aromatic heterocycles. The number of fused-ring (bicyclic) bond motifs is 1. The van der Waals surface area contributed by atoms with Gasteiger partial charge in [0.25, 0.3) is 5.91 Å². The van der Waals surface area contributed by atoms with Crippen LogP contribution in [0.1, 0.15) is 64.4 Å². The Labute approximate surface area is 442 Å². The number of nitrogens with one attached hydrogen (secondary N) is 2. The molecule has 1 aliphatic carbocycles. The van der Waals surface area contributed by atoms with Gasteiger partial charge in [-0.15, -0.1) is 34.7 Å². The highest BCUT2D eigenvalue weighted by atomic mass is 35.5. The smallest absolute Gasteiger partial charge is 0.354 e. The number of oxime groups is 1. The maximum Gasteiger partial charge on any atom is 0.354 e. The molecule has 376 valence electrons. The number of carbonyl (C=O) groups is 4. The Kier molecular flexibility index (Phi) is 14.9. The number of carbonyl (C=O) groups excluding carboxylic acids is 4. The third-order valence-electron chi connectivity index (χ3n) is 13.8. The Bertz CT molecular complexity index is 2980. The first-order valence-corrected chi connectivity index (χ1v) is 26.7. The minimum Gasteiger partial charge on any atom is -0.497 e. The summed E-state index contributed by atoms with van der Waals surface area (Å²) >= 11 is 9.10. The van der Waals surface area contributed by atoms with E-state index in [0.717, 1.165) is 33.4 Å². The number of nitrogens with zero attached hydrogens (tertiary/aromatic N) is 3. The van der Waals surface area contributed by atoms with Crippen molar-refractivity contribution < 1.29 is 38.2 Å². The van der Waals surface area contributed by atoms with Crippen molar-refractivity contribution in [1.29, 1.82) is 0 Å². The van der Waals surface area contributed by atoms with Crippen molar-refractivity contribution >= 4 is 69.3 Å². The second-order valence-corrected chi connectivity index (χ2v) is 20.7. The summed E-state index contributed by atoms with van der Waals surface area (Å²) in [7, 11) is 1.57. The maximum atomic E-state index is 14.8. The molecule has 10 rings (SSSR count). The van der Waals surface area contributed by atoms with Crippen molar-refractivity contribution in [1.82, 2.24) is 15.2 Å². The number of benzene rings is 6. The van der Waals surface area contributed by atoms with Gasteiger partial charge in [0.2, 0.25) is 11.5 Å². The predicted molar refractivity (Wildman–Crippen MR) is 286 cm³/mol. The van der Waals surface area contributed by atoms with Crippen LogP contribution in [-0.2, 0) is 45.6 Å². The summed E-state index contributed by atoms with van der Waals surface area (Å²) in [5, 5.41) is 12.8. The van der Waals surface area contributed by atoms with E-state index in [1.165, 1.54) is 23.1 Å². The lowest BCUT2D eigenvalue weighted by Gasteiger charge is -2.53. The lowest BCUT2D eigenvalue weighted by Crippen LogP contribution is -2.74. The van der Waals surface area contributed by atoms with E-state index in [2.05, 4.69) is 52.2 Å². The molecule has 2 saturated heterocycles. The highest BCUT2D eigenvalue weighted by Crippen LogP contribution is 2.45. The van der Waals surface area contributed by atoms with E-state index in [1.807, 2.05) is 115 Å². The summed E-state index contributed by atoms with van der Waals surface area (Å²) in [6.45, 7) is 0.0290. The molecule has 0 spiro atoms. The number of methoxy groups -OCH3 is 1. The molecule has 2 unspecified atom stereocenters. The van der Waals surface area contributed by atoms with Gasteiger partial charge in [-0.1, -0.05) is 169 Å². The number of ether oxygens (including phenoxy) is 3. The Morgan fingerprint density at radius 1 is 0.784 bits per heavy atom. The molecule has 74 heavy (non-hydrogen) atoms. The van der Waals surface area contributed by atoms with Gasteiger partial charge in [-0.25, -0.2) is 9.78 Å². The number of thiazole rings is 1. The summed E-state index contributed by atoms with van der Waals surface area (Å²) in [5.74, 6) is -1.46. The molecule has 3 atom stereocenters. The van der Waals surface area contributed by atoms with Crippen molar-refractivity contribution in [3.8, 4) is 5.75 Å². The van der Waals surface area contributed by atoms with Crippen LogP contribution >= 0.6 is 34.7 Å². The molecular formula is C58H52ClN5O8S2. The fourth-order valence-electron chi connectivity index (χ4n) is 9.47. The molecule has 1 saturated carbocycles. The zero-order chi connectivity index (χ0) is 51.1. The number of hydrogen-bond donors (Lipinski definition) is 2. The van der Waals surface area contributed by atoms with Gasteiger partial charge in [0.05, 0.1) is 7.11 Å². The Balaban J connectivity index is 0.941. The number of anilines is 1. The highest BCUT2D eigenvalue weighted by Gasteiger charge is 2.58. The molecular weight excluding hydrogens is 994 g/mol. The molecule has 2 N–H and O–H groups in total. The molecule has 0 radical (unpaired) electrons. The second kappa shape index (κ2) is 21.9. The summed E-state index contributed by atoms with van der Waals surface area (Å²) in [6.07, 6.45) is 0.496. The monoisotopic (exact) mass is 1050 g/mol. The molecule has 13 nitrogen and oxygen atoms in total. The molecule has 3 fully saturated rings. The van der Waals surface area contributed by atoms with Crippen molar-refractivity contribution in [2.75, 3.05) is 30.6 Å². The average Bonchev–Trinajstić information content (AvgIpc) is 3.92. The van der Waals surface area contributed by atoms with Gasteiger partial charge in [0.1, 0.15) is 40.4 Å².